The molecule has 0 unspecified atom stereocenters. The van der Waals surface area contributed by atoms with Gasteiger partial charge in [0.25, 0.3) is 0 Å². The normalized spacial score (nSPS) is 12.9. The fraction of sp³-hybridized carbons (Fsp3) is 0.118. The minimum absolute atomic E-state index is 0.207. The zero-order chi connectivity index (χ0) is 17.2. The average molecular weight is 362 g/mol. The van der Waals surface area contributed by atoms with E-state index in [1.54, 1.807) is 71.6 Å². The van der Waals surface area contributed by atoms with E-state index in [1.807, 2.05) is 7.05 Å². The lowest BCUT2D eigenvalue weighted by atomic mass is 10.1. The second-order valence-corrected chi connectivity index (χ2v) is 7.47. The number of halogens is 1. The van der Waals surface area contributed by atoms with Crippen LogP contribution in [-0.2, 0) is 17.1 Å². The molecule has 1 heterocycles. The minimum Gasteiger partial charge on any atom is -0.336 e. The third kappa shape index (κ3) is 3.51. The SMILES string of the molecule is Cn1ccnc1[C@@H](NS(=O)(=O)c1ccccc1)c1ccc(Cl)cc1. The molecular weight excluding hydrogens is 346 g/mol. The minimum atomic E-state index is -3.70. The molecule has 0 aliphatic carbocycles. The topological polar surface area (TPSA) is 64.0 Å². The third-order valence-electron chi connectivity index (χ3n) is 3.65. The summed E-state index contributed by atoms with van der Waals surface area (Å²) in [5.41, 5.74) is 0.758. The third-order valence-corrected chi connectivity index (χ3v) is 5.34. The molecule has 0 saturated heterocycles. The van der Waals surface area contributed by atoms with Crippen molar-refractivity contribution < 1.29 is 8.42 Å². The summed E-state index contributed by atoms with van der Waals surface area (Å²) in [7, 11) is -1.88. The molecule has 0 aliphatic rings. The van der Waals surface area contributed by atoms with Gasteiger partial charge in [-0.2, -0.15) is 4.72 Å². The summed E-state index contributed by atoms with van der Waals surface area (Å²) in [5, 5.41) is 0.586. The molecule has 1 N–H and O–H groups in total. The maximum Gasteiger partial charge on any atom is 0.241 e. The van der Waals surface area contributed by atoms with Gasteiger partial charge in [0.05, 0.1) is 4.90 Å². The number of rotatable bonds is 5. The number of hydrogen-bond acceptors (Lipinski definition) is 3. The van der Waals surface area contributed by atoms with Crippen LogP contribution in [0.4, 0.5) is 0 Å². The molecule has 5 nitrogen and oxygen atoms in total. The monoisotopic (exact) mass is 361 g/mol. The van der Waals surface area contributed by atoms with E-state index in [2.05, 4.69) is 9.71 Å². The van der Waals surface area contributed by atoms with Crippen molar-refractivity contribution in [3.05, 3.63) is 83.4 Å². The van der Waals surface area contributed by atoms with E-state index in [-0.39, 0.29) is 4.90 Å². The number of nitrogens with one attached hydrogen (secondary N) is 1. The van der Waals surface area contributed by atoms with Crippen molar-refractivity contribution in [2.24, 2.45) is 7.05 Å². The van der Waals surface area contributed by atoms with Gasteiger partial charge < -0.3 is 4.57 Å². The first-order valence-corrected chi connectivity index (χ1v) is 9.13. The summed E-state index contributed by atoms with van der Waals surface area (Å²) in [6, 6.07) is 14.7. The van der Waals surface area contributed by atoms with E-state index < -0.39 is 16.1 Å². The number of sulfonamides is 1. The largest absolute Gasteiger partial charge is 0.336 e. The lowest BCUT2D eigenvalue weighted by molar-refractivity contribution is 0.563. The Labute approximate surface area is 146 Å². The van der Waals surface area contributed by atoms with Gasteiger partial charge in [-0.25, -0.2) is 13.4 Å². The van der Waals surface area contributed by atoms with E-state index in [0.717, 1.165) is 5.56 Å². The Hall–Kier alpha value is -2.15. The molecule has 2 aromatic carbocycles. The van der Waals surface area contributed by atoms with Gasteiger partial charge >= 0.3 is 0 Å². The van der Waals surface area contributed by atoms with Crippen LogP contribution >= 0.6 is 11.6 Å². The Morgan fingerprint density at radius 1 is 1.08 bits per heavy atom. The fourth-order valence-corrected chi connectivity index (χ4v) is 3.73. The Kier molecular flexibility index (Phi) is 4.71. The first-order valence-electron chi connectivity index (χ1n) is 7.27. The first kappa shape index (κ1) is 16.7. The molecule has 3 rings (SSSR count). The van der Waals surface area contributed by atoms with Crippen molar-refractivity contribution in [1.29, 1.82) is 0 Å². The number of aromatic nitrogens is 2. The molecule has 3 aromatic rings. The highest BCUT2D eigenvalue weighted by molar-refractivity contribution is 7.89. The molecule has 0 radical (unpaired) electrons. The fourth-order valence-electron chi connectivity index (χ4n) is 2.40. The zero-order valence-electron chi connectivity index (χ0n) is 12.9. The van der Waals surface area contributed by atoms with Crippen molar-refractivity contribution in [1.82, 2.24) is 14.3 Å². The van der Waals surface area contributed by atoms with Gasteiger partial charge in [-0.05, 0) is 29.8 Å². The molecular formula is C17H16ClN3O2S. The molecule has 124 valence electrons. The van der Waals surface area contributed by atoms with Crippen LogP contribution in [0.25, 0.3) is 0 Å². The average Bonchev–Trinajstić information content (AvgIpc) is 3.00. The summed E-state index contributed by atoms with van der Waals surface area (Å²) in [5.74, 6) is 0.594. The van der Waals surface area contributed by atoms with Crippen LogP contribution < -0.4 is 4.72 Å². The standard InChI is InChI=1S/C17H16ClN3O2S/c1-21-12-11-19-17(21)16(13-7-9-14(18)10-8-13)20-24(22,23)15-5-3-2-4-6-15/h2-12,16,20H,1H3/t16-/m0/s1. The van der Waals surface area contributed by atoms with Gasteiger partial charge in [-0.1, -0.05) is 41.9 Å². The second kappa shape index (κ2) is 6.76. The number of benzene rings is 2. The van der Waals surface area contributed by atoms with Crippen LogP contribution in [-0.4, -0.2) is 18.0 Å². The van der Waals surface area contributed by atoms with Crippen molar-refractivity contribution >= 4 is 21.6 Å². The van der Waals surface area contributed by atoms with Crippen molar-refractivity contribution in [3.8, 4) is 0 Å². The van der Waals surface area contributed by atoms with Gasteiger partial charge in [0.2, 0.25) is 10.0 Å². The Morgan fingerprint density at radius 3 is 2.33 bits per heavy atom. The predicted octanol–water partition coefficient (Wildman–Crippen LogP) is 3.14. The summed E-state index contributed by atoms with van der Waals surface area (Å²) in [6.07, 6.45) is 3.41. The van der Waals surface area contributed by atoms with E-state index >= 15 is 0 Å². The Bertz CT molecular complexity index is 922. The molecule has 1 aromatic heterocycles. The van der Waals surface area contributed by atoms with Gasteiger partial charge in [0.15, 0.2) is 0 Å². The van der Waals surface area contributed by atoms with Crippen LogP contribution in [0, 0.1) is 0 Å². The smallest absolute Gasteiger partial charge is 0.241 e. The number of aryl methyl sites for hydroxylation is 1. The molecule has 24 heavy (non-hydrogen) atoms. The van der Waals surface area contributed by atoms with Crippen molar-refractivity contribution in [3.63, 3.8) is 0 Å². The van der Waals surface area contributed by atoms with E-state index in [1.165, 1.54) is 0 Å². The maximum atomic E-state index is 12.7. The lowest BCUT2D eigenvalue weighted by Gasteiger charge is -2.19. The van der Waals surface area contributed by atoms with Gasteiger partial charge in [-0.3, -0.25) is 0 Å². The lowest BCUT2D eigenvalue weighted by Crippen LogP contribution is -2.31. The van der Waals surface area contributed by atoms with Crippen LogP contribution in [0.3, 0.4) is 0 Å². The van der Waals surface area contributed by atoms with Crippen LogP contribution in [0.2, 0.25) is 5.02 Å². The number of hydrogen-bond donors (Lipinski definition) is 1. The van der Waals surface area contributed by atoms with E-state index in [0.29, 0.717) is 10.8 Å². The highest BCUT2D eigenvalue weighted by Crippen LogP contribution is 2.24. The second-order valence-electron chi connectivity index (χ2n) is 5.32. The summed E-state index contributed by atoms with van der Waals surface area (Å²) >= 11 is 5.94. The zero-order valence-corrected chi connectivity index (χ0v) is 14.5. The van der Waals surface area contributed by atoms with Crippen molar-refractivity contribution in [2.45, 2.75) is 10.9 Å². The Balaban J connectivity index is 2.03. The summed E-state index contributed by atoms with van der Waals surface area (Å²) < 4.78 is 29.9. The number of imidazole rings is 1. The highest BCUT2D eigenvalue weighted by Gasteiger charge is 2.25. The van der Waals surface area contributed by atoms with Gasteiger partial charge in [0, 0.05) is 24.5 Å². The summed E-state index contributed by atoms with van der Waals surface area (Å²) in [4.78, 5) is 4.50. The van der Waals surface area contributed by atoms with E-state index in [4.69, 9.17) is 11.6 Å². The first-order chi connectivity index (χ1) is 11.5. The van der Waals surface area contributed by atoms with E-state index in [9.17, 15) is 8.42 Å². The molecule has 0 amide bonds. The van der Waals surface area contributed by atoms with Crippen LogP contribution in [0.1, 0.15) is 17.4 Å². The molecule has 0 saturated carbocycles. The Morgan fingerprint density at radius 2 is 1.75 bits per heavy atom. The van der Waals surface area contributed by atoms with Crippen LogP contribution in [0.15, 0.2) is 71.9 Å². The molecule has 0 spiro atoms. The molecule has 7 heteroatoms. The van der Waals surface area contributed by atoms with Crippen molar-refractivity contribution in [2.75, 3.05) is 0 Å². The molecule has 0 aliphatic heterocycles. The highest BCUT2D eigenvalue weighted by atomic mass is 35.5. The van der Waals surface area contributed by atoms with Gasteiger partial charge in [-0.15, -0.1) is 0 Å². The number of nitrogens with zero attached hydrogens (tertiary/aromatic N) is 2. The van der Waals surface area contributed by atoms with Crippen LogP contribution in [0.5, 0.6) is 0 Å². The molecule has 0 bridgehead atoms. The maximum absolute atomic E-state index is 12.7. The molecule has 0 fully saturated rings. The summed E-state index contributed by atoms with van der Waals surface area (Å²) in [6.45, 7) is 0. The molecule has 1 atom stereocenters. The predicted molar refractivity (Wildman–Crippen MR) is 93.3 cm³/mol. The van der Waals surface area contributed by atoms with Gasteiger partial charge in [0.1, 0.15) is 11.9 Å². The quantitative estimate of drug-likeness (QED) is 0.759.